The second kappa shape index (κ2) is 7.04. The molecule has 1 unspecified atom stereocenters. The predicted octanol–water partition coefficient (Wildman–Crippen LogP) is 1.41. The van der Waals surface area contributed by atoms with Gasteiger partial charge in [0.2, 0.25) is 5.89 Å². The number of aliphatic hydroxyl groups excluding tert-OH is 1. The van der Waals surface area contributed by atoms with E-state index >= 15 is 0 Å². The van der Waals surface area contributed by atoms with Gasteiger partial charge in [-0.1, -0.05) is 18.9 Å². The maximum absolute atomic E-state index is 9.60. The molecule has 0 aliphatic carbocycles. The number of rotatable bonds is 6. The summed E-state index contributed by atoms with van der Waals surface area (Å²) < 4.78 is 5.68. The van der Waals surface area contributed by atoms with Crippen LogP contribution in [0.15, 0.2) is 4.42 Å². The highest BCUT2D eigenvalue weighted by molar-refractivity contribution is 5.24. The maximum Gasteiger partial charge on any atom is 0.318 e. The molecule has 0 aromatic carbocycles. The fraction of sp³-hybridized carbons (Fsp3) is 0.857. The van der Waals surface area contributed by atoms with Crippen LogP contribution in [-0.4, -0.2) is 41.0 Å². The largest absolute Gasteiger partial charge is 0.407 e. The van der Waals surface area contributed by atoms with Gasteiger partial charge in [0.25, 0.3) is 0 Å². The highest BCUT2D eigenvalue weighted by Crippen LogP contribution is 2.24. The van der Waals surface area contributed by atoms with Crippen molar-refractivity contribution >= 4 is 6.01 Å². The van der Waals surface area contributed by atoms with Crippen LogP contribution in [0.1, 0.15) is 39.5 Å². The molecule has 1 aromatic rings. The van der Waals surface area contributed by atoms with E-state index in [9.17, 15) is 5.11 Å². The third-order valence-electron chi connectivity index (χ3n) is 3.78. The minimum Gasteiger partial charge on any atom is -0.407 e. The molecule has 1 fully saturated rings. The standard InChI is InChI=1S/C14H26N4O2/c1-10(2)8-15-9-13-16-17-14(20-13)18-6-4-12(5-7-18)11(3)19/h10-12,15,19H,4-9H2,1-3H3. The lowest BCUT2D eigenvalue weighted by atomic mass is 9.92. The molecule has 0 saturated carbocycles. The van der Waals surface area contributed by atoms with E-state index in [1.54, 1.807) is 0 Å². The minimum atomic E-state index is -0.226. The highest BCUT2D eigenvalue weighted by atomic mass is 16.4. The molecule has 2 N–H and O–H groups in total. The first-order valence-electron chi connectivity index (χ1n) is 7.52. The van der Waals surface area contributed by atoms with Crippen molar-refractivity contribution in [3.8, 4) is 0 Å². The Bertz CT molecular complexity index is 398. The monoisotopic (exact) mass is 282 g/mol. The van der Waals surface area contributed by atoms with Crippen molar-refractivity contribution in [1.29, 1.82) is 0 Å². The van der Waals surface area contributed by atoms with Crippen LogP contribution < -0.4 is 10.2 Å². The predicted molar refractivity (Wildman–Crippen MR) is 77.5 cm³/mol. The van der Waals surface area contributed by atoms with E-state index in [0.717, 1.165) is 32.5 Å². The van der Waals surface area contributed by atoms with Gasteiger partial charge in [0.15, 0.2) is 0 Å². The van der Waals surface area contributed by atoms with Gasteiger partial charge in [-0.25, -0.2) is 0 Å². The van der Waals surface area contributed by atoms with Crippen molar-refractivity contribution in [2.75, 3.05) is 24.5 Å². The molecule has 6 nitrogen and oxygen atoms in total. The van der Waals surface area contributed by atoms with Crippen LogP contribution in [0.3, 0.4) is 0 Å². The number of aromatic nitrogens is 2. The van der Waals surface area contributed by atoms with E-state index in [1.165, 1.54) is 0 Å². The lowest BCUT2D eigenvalue weighted by Gasteiger charge is -2.31. The van der Waals surface area contributed by atoms with E-state index in [0.29, 0.717) is 30.3 Å². The van der Waals surface area contributed by atoms with Gasteiger partial charge >= 0.3 is 6.01 Å². The van der Waals surface area contributed by atoms with Crippen LogP contribution >= 0.6 is 0 Å². The van der Waals surface area contributed by atoms with E-state index in [1.807, 2.05) is 6.92 Å². The van der Waals surface area contributed by atoms with Crippen LogP contribution in [0.2, 0.25) is 0 Å². The van der Waals surface area contributed by atoms with E-state index in [4.69, 9.17) is 4.42 Å². The summed E-state index contributed by atoms with van der Waals surface area (Å²) in [6, 6.07) is 0.607. The summed E-state index contributed by atoms with van der Waals surface area (Å²) in [7, 11) is 0. The zero-order chi connectivity index (χ0) is 14.5. The summed E-state index contributed by atoms with van der Waals surface area (Å²) in [5.41, 5.74) is 0. The summed E-state index contributed by atoms with van der Waals surface area (Å²) in [5.74, 6) is 1.64. The molecule has 114 valence electrons. The number of nitrogens with zero attached hydrogens (tertiary/aromatic N) is 3. The Hall–Kier alpha value is -1.14. The molecule has 0 bridgehead atoms. The first-order chi connectivity index (χ1) is 9.56. The van der Waals surface area contributed by atoms with Gasteiger partial charge in [0, 0.05) is 13.1 Å². The second-order valence-electron chi connectivity index (χ2n) is 6.07. The Labute approximate surface area is 120 Å². The lowest BCUT2D eigenvalue weighted by molar-refractivity contribution is 0.109. The van der Waals surface area contributed by atoms with Gasteiger partial charge in [-0.05, 0) is 38.1 Å². The smallest absolute Gasteiger partial charge is 0.318 e. The number of nitrogens with one attached hydrogen (secondary N) is 1. The summed E-state index contributed by atoms with van der Waals surface area (Å²) in [6.07, 6.45) is 1.72. The average Bonchev–Trinajstić information content (AvgIpc) is 2.87. The van der Waals surface area contributed by atoms with Gasteiger partial charge in [0.05, 0.1) is 12.6 Å². The topological polar surface area (TPSA) is 74.4 Å². The lowest BCUT2D eigenvalue weighted by Crippen LogP contribution is -2.37. The first-order valence-corrected chi connectivity index (χ1v) is 7.52. The zero-order valence-electron chi connectivity index (χ0n) is 12.7. The van der Waals surface area contributed by atoms with Crippen molar-refractivity contribution in [2.24, 2.45) is 11.8 Å². The van der Waals surface area contributed by atoms with Crippen molar-refractivity contribution in [1.82, 2.24) is 15.5 Å². The third kappa shape index (κ3) is 4.18. The molecule has 0 spiro atoms. The van der Waals surface area contributed by atoms with E-state index in [-0.39, 0.29) is 6.10 Å². The maximum atomic E-state index is 9.60. The molecule has 1 saturated heterocycles. The van der Waals surface area contributed by atoms with Crippen molar-refractivity contribution in [2.45, 2.75) is 46.3 Å². The van der Waals surface area contributed by atoms with Gasteiger partial charge in [-0.15, -0.1) is 5.10 Å². The number of aliphatic hydroxyl groups is 1. The van der Waals surface area contributed by atoms with E-state index < -0.39 is 0 Å². The number of anilines is 1. The first kappa shape index (κ1) is 15.3. The van der Waals surface area contributed by atoms with Crippen LogP contribution in [0, 0.1) is 11.8 Å². The number of hydrogen-bond donors (Lipinski definition) is 2. The average molecular weight is 282 g/mol. The molecule has 2 rings (SSSR count). The summed E-state index contributed by atoms with van der Waals surface area (Å²) in [4.78, 5) is 2.11. The summed E-state index contributed by atoms with van der Waals surface area (Å²) >= 11 is 0. The van der Waals surface area contributed by atoms with E-state index in [2.05, 4.69) is 34.3 Å². The molecule has 2 heterocycles. The summed E-state index contributed by atoms with van der Waals surface area (Å²) in [6.45, 7) is 9.50. The molecule has 0 amide bonds. The fourth-order valence-electron chi connectivity index (χ4n) is 2.48. The van der Waals surface area contributed by atoms with Gasteiger partial charge < -0.3 is 19.7 Å². The number of hydrogen-bond acceptors (Lipinski definition) is 6. The van der Waals surface area contributed by atoms with Gasteiger partial charge in [0.1, 0.15) is 0 Å². The van der Waals surface area contributed by atoms with Gasteiger partial charge in [-0.2, -0.15) is 0 Å². The van der Waals surface area contributed by atoms with Gasteiger partial charge in [-0.3, -0.25) is 0 Å². The molecular weight excluding hydrogens is 256 g/mol. The van der Waals surface area contributed by atoms with Crippen LogP contribution in [0.25, 0.3) is 0 Å². The number of piperidine rings is 1. The normalized spacial score (nSPS) is 18.8. The second-order valence-corrected chi connectivity index (χ2v) is 6.07. The Balaban J connectivity index is 1.81. The minimum absolute atomic E-state index is 0.226. The molecule has 0 radical (unpaired) electrons. The molecular formula is C14H26N4O2. The fourth-order valence-corrected chi connectivity index (χ4v) is 2.48. The van der Waals surface area contributed by atoms with Crippen molar-refractivity contribution < 1.29 is 9.52 Å². The molecule has 1 aliphatic rings. The Morgan fingerprint density at radius 1 is 1.30 bits per heavy atom. The molecule has 6 heteroatoms. The Morgan fingerprint density at radius 2 is 2.00 bits per heavy atom. The van der Waals surface area contributed by atoms with Crippen LogP contribution in [-0.2, 0) is 6.54 Å². The molecule has 1 atom stereocenters. The van der Waals surface area contributed by atoms with Crippen LogP contribution in [0.4, 0.5) is 6.01 Å². The van der Waals surface area contributed by atoms with Crippen molar-refractivity contribution in [3.05, 3.63) is 5.89 Å². The molecule has 1 aromatic heterocycles. The zero-order valence-corrected chi connectivity index (χ0v) is 12.7. The quantitative estimate of drug-likeness (QED) is 0.822. The highest BCUT2D eigenvalue weighted by Gasteiger charge is 2.25. The summed E-state index contributed by atoms with van der Waals surface area (Å²) in [5, 5.41) is 21.1. The molecule has 1 aliphatic heterocycles. The SMILES string of the molecule is CC(C)CNCc1nnc(N2CCC(C(C)O)CC2)o1. The molecule has 20 heavy (non-hydrogen) atoms. The Morgan fingerprint density at radius 3 is 2.60 bits per heavy atom. The third-order valence-corrected chi connectivity index (χ3v) is 3.78. The van der Waals surface area contributed by atoms with Crippen molar-refractivity contribution in [3.63, 3.8) is 0 Å². The van der Waals surface area contributed by atoms with Crippen LogP contribution in [0.5, 0.6) is 0 Å². The Kier molecular flexibility index (Phi) is 5.37.